The molecule has 1 amide bonds. The molecule has 0 spiro atoms. The minimum Gasteiger partial charge on any atom is -0.349 e. The van der Waals surface area contributed by atoms with Crippen molar-refractivity contribution in [1.82, 2.24) is 35.1 Å². The number of hydrogen-bond acceptors (Lipinski definition) is 5. The molecular formula is C22H23N7O. The predicted octanol–water partition coefficient (Wildman–Crippen LogP) is 3.21. The monoisotopic (exact) mass is 401 g/mol. The summed E-state index contributed by atoms with van der Waals surface area (Å²) < 4.78 is 1.75. The van der Waals surface area contributed by atoms with Crippen molar-refractivity contribution in [1.29, 1.82) is 0 Å². The van der Waals surface area contributed by atoms with Gasteiger partial charge in [-0.05, 0) is 49.5 Å². The molecular weight excluding hydrogens is 378 g/mol. The van der Waals surface area contributed by atoms with Crippen LogP contribution in [-0.2, 0) is 0 Å². The maximum atomic E-state index is 12.8. The number of hydrogen-bond donors (Lipinski definition) is 1. The van der Waals surface area contributed by atoms with E-state index < -0.39 is 0 Å². The van der Waals surface area contributed by atoms with Gasteiger partial charge in [0.1, 0.15) is 0 Å². The first kappa shape index (κ1) is 18.5. The van der Waals surface area contributed by atoms with Gasteiger partial charge in [-0.2, -0.15) is 9.90 Å². The van der Waals surface area contributed by atoms with E-state index in [4.69, 9.17) is 0 Å². The van der Waals surface area contributed by atoms with Gasteiger partial charge >= 0.3 is 0 Å². The van der Waals surface area contributed by atoms with E-state index in [9.17, 15) is 4.79 Å². The second-order valence-electron chi connectivity index (χ2n) is 7.87. The molecule has 0 saturated heterocycles. The van der Waals surface area contributed by atoms with Crippen molar-refractivity contribution in [2.45, 2.75) is 44.7 Å². The topological polar surface area (TPSA) is 90.0 Å². The zero-order valence-electron chi connectivity index (χ0n) is 16.8. The smallest absolute Gasteiger partial charge is 0.255 e. The molecule has 1 aliphatic carbocycles. The van der Waals surface area contributed by atoms with Gasteiger partial charge in [-0.15, -0.1) is 10.2 Å². The van der Waals surface area contributed by atoms with Crippen LogP contribution < -0.4 is 5.32 Å². The Hall–Kier alpha value is -3.55. The van der Waals surface area contributed by atoms with Crippen LogP contribution in [0.1, 0.15) is 47.6 Å². The first-order chi connectivity index (χ1) is 14.7. The fourth-order valence-electron chi connectivity index (χ4n) is 4.06. The predicted molar refractivity (Wildman–Crippen MR) is 112 cm³/mol. The van der Waals surface area contributed by atoms with Gasteiger partial charge in [0.05, 0.1) is 23.3 Å². The summed E-state index contributed by atoms with van der Waals surface area (Å²) >= 11 is 0. The zero-order valence-corrected chi connectivity index (χ0v) is 16.8. The molecule has 4 aromatic rings. The molecule has 1 saturated carbocycles. The number of fused-ring (bicyclic) bond motifs is 1. The maximum absolute atomic E-state index is 12.8. The molecule has 8 nitrogen and oxygen atoms in total. The lowest BCUT2D eigenvalue weighted by Crippen LogP contribution is -2.38. The summed E-state index contributed by atoms with van der Waals surface area (Å²) in [5.41, 5.74) is 3.51. The highest BCUT2D eigenvalue weighted by molar-refractivity contribution is 6.00. The van der Waals surface area contributed by atoms with Crippen molar-refractivity contribution in [3.05, 3.63) is 66.0 Å². The molecule has 8 heteroatoms. The Morgan fingerprint density at radius 2 is 1.87 bits per heavy atom. The molecule has 0 radical (unpaired) electrons. The molecule has 1 fully saturated rings. The van der Waals surface area contributed by atoms with Crippen LogP contribution in [0.3, 0.4) is 0 Å². The van der Waals surface area contributed by atoms with Crippen LogP contribution in [0, 0.1) is 6.92 Å². The van der Waals surface area contributed by atoms with E-state index >= 15 is 0 Å². The summed E-state index contributed by atoms with van der Waals surface area (Å²) in [4.78, 5) is 14.5. The Morgan fingerprint density at radius 3 is 2.67 bits per heavy atom. The third-order valence-electron chi connectivity index (χ3n) is 5.73. The fraction of sp³-hybridized carbons (Fsp3) is 0.318. The number of carbonyl (C=O) groups is 1. The lowest BCUT2D eigenvalue weighted by molar-refractivity contribution is 0.0922. The molecule has 3 heterocycles. The summed E-state index contributed by atoms with van der Waals surface area (Å²) in [5, 5.41) is 20.5. The lowest BCUT2D eigenvalue weighted by Gasteiger charge is -2.28. The first-order valence-corrected chi connectivity index (χ1v) is 10.3. The number of pyridine rings is 1. The molecule has 1 N–H and O–H groups in total. The normalized spacial score (nSPS) is 19.1. The van der Waals surface area contributed by atoms with E-state index in [1.165, 1.54) is 0 Å². The quantitative estimate of drug-likeness (QED) is 0.567. The number of aromatic nitrogens is 6. The van der Waals surface area contributed by atoms with Crippen LogP contribution in [0.4, 0.5) is 0 Å². The van der Waals surface area contributed by atoms with Gasteiger partial charge in [-0.3, -0.25) is 4.79 Å². The molecule has 5 rings (SSSR count). The van der Waals surface area contributed by atoms with E-state index in [2.05, 4.69) is 25.8 Å². The van der Waals surface area contributed by atoms with Crippen LogP contribution in [0.5, 0.6) is 0 Å². The van der Waals surface area contributed by atoms with Gasteiger partial charge in [0.2, 0.25) is 5.82 Å². The molecule has 3 aromatic heterocycles. The number of nitrogens with zero attached hydrogens (tertiary/aromatic N) is 6. The molecule has 0 unspecified atom stereocenters. The summed E-state index contributed by atoms with van der Waals surface area (Å²) in [6, 6.07) is 14.2. The maximum Gasteiger partial charge on any atom is 0.255 e. The third-order valence-corrected chi connectivity index (χ3v) is 5.73. The van der Waals surface area contributed by atoms with Crippen LogP contribution in [-0.4, -0.2) is 41.8 Å². The van der Waals surface area contributed by atoms with Gasteiger partial charge < -0.3 is 5.32 Å². The van der Waals surface area contributed by atoms with E-state index in [-0.39, 0.29) is 18.0 Å². The number of benzene rings is 1. The Labute approximate surface area is 173 Å². The van der Waals surface area contributed by atoms with Crippen LogP contribution in [0.2, 0.25) is 0 Å². The van der Waals surface area contributed by atoms with Crippen molar-refractivity contribution in [2.24, 2.45) is 0 Å². The average Bonchev–Trinajstić information content (AvgIpc) is 3.42. The summed E-state index contributed by atoms with van der Waals surface area (Å²) in [6.45, 7) is 2.01. The van der Waals surface area contributed by atoms with E-state index in [1.807, 2.05) is 55.6 Å². The van der Waals surface area contributed by atoms with Crippen molar-refractivity contribution in [2.75, 3.05) is 0 Å². The third kappa shape index (κ3) is 3.56. The highest BCUT2D eigenvalue weighted by atomic mass is 16.1. The largest absolute Gasteiger partial charge is 0.349 e. The van der Waals surface area contributed by atoms with Crippen molar-refractivity contribution < 1.29 is 4.79 Å². The number of carbonyl (C=O) groups excluding carboxylic acids is 1. The molecule has 152 valence electrons. The molecule has 0 aliphatic heterocycles. The van der Waals surface area contributed by atoms with E-state index in [0.29, 0.717) is 11.4 Å². The number of tetrazole rings is 1. The van der Waals surface area contributed by atoms with Gasteiger partial charge in [0, 0.05) is 17.8 Å². The summed E-state index contributed by atoms with van der Waals surface area (Å²) in [5.74, 6) is 0.580. The van der Waals surface area contributed by atoms with Gasteiger partial charge in [0.25, 0.3) is 5.91 Å². The van der Waals surface area contributed by atoms with Crippen molar-refractivity contribution in [3.63, 3.8) is 0 Å². The highest BCUT2D eigenvalue weighted by Crippen LogP contribution is 2.28. The number of aryl methyl sites for hydroxylation is 1. The lowest BCUT2D eigenvalue weighted by atomic mass is 9.91. The van der Waals surface area contributed by atoms with Crippen LogP contribution in [0.25, 0.3) is 16.9 Å². The standard InChI is InChI=1S/C22H23N7O/c1-15-7-12-20-19(13-23-28(20)14-15)22(30)24-17-8-10-18(11-9-17)29-26-21(25-27-29)16-5-3-2-4-6-16/h2-7,12-14,17-18H,8-11H2,1H3,(H,24,30). The van der Waals surface area contributed by atoms with Gasteiger partial charge in [-0.25, -0.2) is 4.52 Å². The van der Waals surface area contributed by atoms with Gasteiger partial charge in [0.15, 0.2) is 0 Å². The fourth-order valence-corrected chi connectivity index (χ4v) is 4.06. The number of rotatable bonds is 4. The Bertz CT molecular complexity index is 1170. The minimum atomic E-state index is -0.0671. The zero-order chi connectivity index (χ0) is 20.5. The number of nitrogens with one attached hydrogen (secondary N) is 1. The van der Waals surface area contributed by atoms with Crippen LogP contribution in [0.15, 0.2) is 54.9 Å². The second kappa shape index (κ2) is 7.70. The van der Waals surface area contributed by atoms with E-state index in [0.717, 1.165) is 42.3 Å². The summed E-state index contributed by atoms with van der Waals surface area (Å²) in [6.07, 6.45) is 7.15. The van der Waals surface area contributed by atoms with Crippen molar-refractivity contribution in [3.8, 4) is 11.4 Å². The Morgan fingerprint density at radius 1 is 1.07 bits per heavy atom. The first-order valence-electron chi connectivity index (χ1n) is 10.3. The van der Waals surface area contributed by atoms with Crippen LogP contribution >= 0.6 is 0 Å². The van der Waals surface area contributed by atoms with Crippen molar-refractivity contribution >= 4 is 11.4 Å². The molecule has 30 heavy (non-hydrogen) atoms. The second-order valence-corrected chi connectivity index (χ2v) is 7.87. The summed E-state index contributed by atoms with van der Waals surface area (Å²) in [7, 11) is 0. The molecule has 0 bridgehead atoms. The van der Waals surface area contributed by atoms with Gasteiger partial charge in [-0.1, -0.05) is 36.4 Å². The molecule has 1 aromatic carbocycles. The molecule has 1 aliphatic rings. The SMILES string of the molecule is Cc1ccc2c(C(=O)NC3CCC(n4nnc(-c5ccccc5)n4)CC3)cnn2c1. The van der Waals surface area contributed by atoms with E-state index in [1.54, 1.807) is 15.5 Å². The number of amides is 1. The molecule has 0 atom stereocenters. The average molecular weight is 401 g/mol. The Balaban J connectivity index is 1.21. The minimum absolute atomic E-state index is 0.0671. The Kier molecular flexibility index (Phi) is 4.74. The highest BCUT2D eigenvalue weighted by Gasteiger charge is 2.26.